The van der Waals surface area contributed by atoms with Crippen LogP contribution in [0.4, 0.5) is 0 Å². The van der Waals surface area contributed by atoms with Crippen molar-refractivity contribution in [1.82, 2.24) is 20.7 Å². The zero-order chi connectivity index (χ0) is 17.4. The maximum Gasteiger partial charge on any atom is 0.326 e. The Morgan fingerprint density at radius 3 is 2.52 bits per heavy atom. The van der Waals surface area contributed by atoms with E-state index in [-0.39, 0.29) is 18.0 Å². The number of rotatable bonds is 9. The highest BCUT2D eigenvalue weighted by Gasteiger charge is 2.34. The number of likely N-dealkylation sites (tertiary alicyclic amines) is 1. The first-order chi connectivity index (χ1) is 10.9. The van der Waals surface area contributed by atoms with Crippen LogP contribution < -0.4 is 15.8 Å². The van der Waals surface area contributed by atoms with Crippen molar-refractivity contribution < 1.29 is 19.5 Å². The van der Waals surface area contributed by atoms with E-state index in [0.717, 1.165) is 0 Å². The maximum absolute atomic E-state index is 12.2. The summed E-state index contributed by atoms with van der Waals surface area (Å²) in [6.45, 7) is 2.51. The lowest BCUT2D eigenvalue weighted by molar-refractivity contribution is -0.143. The first-order valence-corrected chi connectivity index (χ1v) is 7.48. The molecule has 0 aliphatic carbocycles. The molecule has 0 bridgehead atoms. The van der Waals surface area contributed by atoms with Crippen LogP contribution in [0, 0.1) is 0 Å². The second kappa shape index (κ2) is 9.62. The van der Waals surface area contributed by atoms with E-state index >= 15 is 0 Å². The molecule has 0 aromatic carbocycles. The van der Waals surface area contributed by atoms with Crippen LogP contribution >= 0.6 is 0 Å². The molecule has 23 heavy (non-hydrogen) atoms. The predicted molar refractivity (Wildman–Crippen MR) is 86.8 cm³/mol. The lowest BCUT2D eigenvalue weighted by Gasteiger charge is -2.18. The molecule has 121 valence electrons. The fourth-order valence-electron chi connectivity index (χ4n) is 2.51. The monoisotopic (exact) mass is 317 g/mol. The van der Waals surface area contributed by atoms with Crippen LogP contribution in [0.3, 0.4) is 0 Å². The standard InChI is InChI=1S/C12H20B3N4O4/c1-2-3-7(12(22)23)16-10(20)4-11(21)19-5-8(17-14)9(6-19)18-15-13/h7-9,17-18H,2-6H2,1H3,(H,16,20)(H,22,23). The van der Waals surface area contributed by atoms with Gasteiger partial charge >= 0.3 is 5.97 Å². The number of carbonyl (C=O) groups excluding carboxylic acids is 2. The van der Waals surface area contributed by atoms with Crippen molar-refractivity contribution in [3.63, 3.8) is 0 Å². The van der Waals surface area contributed by atoms with Crippen LogP contribution in [0.25, 0.3) is 0 Å². The quantitative estimate of drug-likeness (QED) is 0.272. The molecule has 1 fully saturated rings. The Bertz CT molecular complexity index is 441. The second-order valence-electron chi connectivity index (χ2n) is 5.44. The molecule has 1 aliphatic rings. The summed E-state index contributed by atoms with van der Waals surface area (Å²) in [6, 6.07) is -1.31. The molecule has 1 saturated heterocycles. The molecule has 2 amide bonds. The molecule has 0 aromatic rings. The van der Waals surface area contributed by atoms with Crippen molar-refractivity contribution in [2.24, 2.45) is 0 Å². The van der Waals surface area contributed by atoms with E-state index in [1.807, 2.05) is 6.92 Å². The minimum Gasteiger partial charge on any atom is -0.480 e. The summed E-state index contributed by atoms with van der Waals surface area (Å²) >= 11 is 0. The Labute approximate surface area is 139 Å². The van der Waals surface area contributed by atoms with Gasteiger partial charge in [-0.2, -0.15) is 0 Å². The first-order valence-electron chi connectivity index (χ1n) is 7.48. The topological polar surface area (TPSA) is 111 Å². The van der Waals surface area contributed by atoms with Gasteiger partial charge in [0.05, 0.1) is 0 Å². The Kier molecular flexibility index (Phi) is 8.18. The first kappa shape index (κ1) is 19.6. The zero-order valence-electron chi connectivity index (χ0n) is 13.1. The number of amides is 2. The third-order valence-electron chi connectivity index (χ3n) is 3.72. The maximum atomic E-state index is 12.2. The lowest BCUT2D eigenvalue weighted by atomic mass is 9.66. The Balaban J connectivity index is 2.52. The van der Waals surface area contributed by atoms with Gasteiger partial charge in [-0.25, -0.2) is 4.79 Å². The third kappa shape index (κ3) is 5.91. The van der Waals surface area contributed by atoms with E-state index in [9.17, 15) is 14.4 Å². The van der Waals surface area contributed by atoms with E-state index in [1.54, 1.807) is 0 Å². The van der Waals surface area contributed by atoms with Crippen molar-refractivity contribution >= 4 is 40.8 Å². The summed E-state index contributed by atoms with van der Waals surface area (Å²) in [5.74, 6) is -2.09. The van der Waals surface area contributed by atoms with Crippen LogP contribution in [0.1, 0.15) is 26.2 Å². The lowest BCUT2D eigenvalue weighted by Crippen LogP contribution is -2.47. The fourth-order valence-corrected chi connectivity index (χ4v) is 2.51. The summed E-state index contributed by atoms with van der Waals surface area (Å²) in [5, 5.41) is 16.8. The smallest absolute Gasteiger partial charge is 0.326 e. The number of aliphatic carboxylic acids is 1. The van der Waals surface area contributed by atoms with E-state index in [4.69, 9.17) is 20.8 Å². The molecule has 3 unspecified atom stereocenters. The van der Waals surface area contributed by atoms with Gasteiger partial charge in [0.2, 0.25) is 11.8 Å². The molecule has 1 aliphatic heterocycles. The van der Waals surface area contributed by atoms with Gasteiger partial charge in [-0.1, -0.05) is 13.3 Å². The van der Waals surface area contributed by atoms with E-state index in [0.29, 0.717) is 25.9 Å². The number of nitrogens with zero attached hydrogens (tertiary/aromatic N) is 1. The van der Waals surface area contributed by atoms with Crippen molar-refractivity contribution in [2.45, 2.75) is 44.3 Å². The van der Waals surface area contributed by atoms with E-state index in [2.05, 4.69) is 15.8 Å². The molecule has 0 aromatic heterocycles. The minimum absolute atomic E-state index is 0.149. The van der Waals surface area contributed by atoms with E-state index in [1.165, 1.54) is 12.2 Å². The number of hydrogen-bond donors (Lipinski definition) is 4. The Morgan fingerprint density at radius 2 is 2.00 bits per heavy atom. The molecule has 5 radical (unpaired) electrons. The number of hydrogen-bond acceptors (Lipinski definition) is 5. The highest BCUT2D eigenvalue weighted by Crippen LogP contribution is 2.11. The highest BCUT2D eigenvalue weighted by molar-refractivity contribution is 6.87. The molecule has 4 N–H and O–H groups in total. The SMILES string of the molecule is [B][B]NC1CN(C(=O)CC(=O)NC(CCC)C(=O)O)CC1N[B]. The van der Waals surface area contributed by atoms with Gasteiger partial charge in [-0.15, -0.1) is 0 Å². The summed E-state index contributed by atoms with van der Waals surface area (Å²) < 4.78 is 0. The average Bonchev–Trinajstić information content (AvgIpc) is 2.90. The van der Waals surface area contributed by atoms with Gasteiger partial charge in [0.1, 0.15) is 19.8 Å². The van der Waals surface area contributed by atoms with Crippen molar-refractivity contribution in [3.8, 4) is 0 Å². The molecule has 11 heteroatoms. The zero-order valence-corrected chi connectivity index (χ0v) is 13.1. The summed E-state index contributed by atoms with van der Waals surface area (Å²) in [4.78, 5) is 36.5. The van der Waals surface area contributed by atoms with Gasteiger partial charge in [-0.05, 0) is 6.42 Å². The molecular weight excluding hydrogens is 297 g/mol. The second-order valence-corrected chi connectivity index (χ2v) is 5.44. The highest BCUT2D eigenvalue weighted by atomic mass is 16.4. The van der Waals surface area contributed by atoms with Crippen molar-refractivity contribution in [1.29, 1.82) is 0 Å². The Morgan fingerprint density at radius 1 is 1.35 bits per heavy atom. The predicted octanol–water partition coefficient (Wildman–Crippen LogP) is -2.71. The Hall–Kier alpha value is -1.48. The number of carboxylic acid groups (broad SMARTS) is 1. The van der Waals surface area contributed by atoms with Gasteiger partial charge in [0, 0.05) is 32.9 Å². The van der Waals surface area contributed by atoms with Crippen LogP contribution in [0.2, 0.25) is 0 Å². The largest absolute Gasteiger partial charge is 0.480 e. The minimum atomic E-state index is -1.11. The fraction of sp³-hybridized carbons (Fsp3) is 0.750. The van der Waals surface area contributed by atoms with Crippen LogP contribution in [-0.4, -0.2) is 82.0 Å². The van der Waals surface area contributed by atoms with Crippen LogP contribution in [-0.2, 0) is 14.4 Å². The van der Waals surface area contributed by atoms with Gasteiger partial charge in [0.15, 0.2) is 7.98 Å². The molecule has 0 spiro atoms. The van der Waals surface area contributed by atoms with Gasteiger partial charge in [-0.3, -0.25) is 9.59 Å². The molecule has 3 atom stereocenters. The number of nitrogens with one attached hydrogen (secondary N) is 3. The van der Waals surface area contributed by atoms with Crippen molar-refractivity contribution in [3.05, 3.63) is 0 Å². The summed E-state index contributed by atoms with van der Waals surface area (Å²) in [6.07, 6.45) is 0.532. The molecular formula is C12H20B3N4O4. The number of carboxylic acids is 1. The summed E-state index contributed by atoms with van der Waals surface area (Å²) in [7, 11) is 12.0. The van der Waals surface area contributed by atoms with Crippen LogP contribution in [0.5, 0.6) is 0 Å². The van der Waals surface area contributed by atoms with Crippen molar-refractivity contribution in [2.75, 3.05) is 13.1 Å². The van der Waals surface area contributed by atoms with Gasteiger partial charge < -0.3 is 25.8 Å². The summed E-state index contributed by atoms with van der Waals surface area (Å²) in [5.41, 5.74) is 0. The molecule has 1 heterocycles. The number of carbonyl (C=O) groups is 3. The average molecular weight is 317 g/mol. The normalized spacial score (nSPS) is 21.7. The molecule has 8 nitrogen and oxygen atoms in total. The van der Waals surface area contributed by atoms with E-state index < -0.39 is 24.3 Å². The molecule has 1 rings (SSSR count). The molecule has 0 saturated carbocycles. The van der Waals surface area contributed by atoms with Gasteiger partial charge in [0.25, 0.3) is 0 Å². The third-order valence-corrected chi connectivity index (χ3v) is 3.72. The van der Waals surface area contributed by atoms with Crippen LogP contribution in [0.15, 0.2) is 0 Å².